The number of carbonyl (C=O) groups is 2. The minimum atomic E-state index is -0.574. The maximum atomic E-state index is 11.3. The number of amides is 2. The number of piperidine rings is 1. The summed E-state index contributed by atoms with van der Waals surface area (Å²) >= 11 is 0. The van der Waals surface area contributed by atoms with E-state index in [4.69, 9.17) is 0 Å². The lowest BCUT2D eigenvalue weighted by Gasteiger charge is -2.53. The third-order valence-electron chi connectivity index (χ3n) is 4.27. The Balaban J connectivity index is 1.61. The number of carbonyl (C=O) groups excluding carboxylic acids is 2. The van der Waals surface area contributed by atoms with Crippen LogP contribution >= 0.6 is 0 Å². The smallest absolute Gasteiger partial charge is 0.309 e. The van der Waals surface area contributed by atoms with Gasteiger partial charge in [0.15, 0.2) is 0 Å². The van der Waals surface area contributed by atoms with Gasteiger partial charge in [0.2, 0.25) is 0 Å². The van der Waals surface area contributed by atoms with Crippen molar-refractivity contribution in [3.05, 3.63) is 0 Å². The Morgan fingerprint density at radius 1 is 1.16 bits per heavy atom. The van der Waals surface area contributed by atoms with E-state index in [1.54, 1.807) is 0 Å². The highest BCUT2D eigenvalue weighted by Gasteiger charge is 2.42. The van der Waals surface area contributed by atoms with Gasteiger partial charge >= 0.3 is 11.8 Å². The summed E-state index contributed by atoms with van der Waals surface area (Å²) in [6.07, 6.45) is 2.50. The van der Waals surface area contributed by atoms with Gasteiger partial charge in [0.05, 0.1) is 0 Å². The maximum Gasteiger partial charge on any atom is 0.309 e. The lowest BCUT2D eigenvalue weighted by Crippen LogP contribution is -2.59. The normalized spacial score (nSPS) is 22.8. The summed E-state index contributed by atoms with van der Waals surface area (Å²) in [4.78, 5) is 27.0. The minimum Gasteiger partial charge on any atom is -0.351 e. The largest absolute Gasteiger partial charge is 0.351 e. The third-order valence-corrected chi connectivity index (χ3v) is 4.27. The van der Waals surface area contributed by atoms with Crippen LogP contribution in [0.25, 0.3) is 0 Å². The quantitative estimate of drug-likeness (QED) is 0.636. The average Bonchev–Trinajstić information content (AvgIpc) is 2.38. The molecule has 2 rings (SSSR count). The molecule has 0 atom stereocenters. The summed E-state index contributed by atoms with van der Waals surface area (Å²) in [5.41, 5.74) is 0.566. The fourth-order valence-corrected chi connectivity index (χ4v) is 3.19. The van der Waals surface area contributed by atoms with Crippen molar-refractivity contribution < 1.29 is 9.59 Å². The van der Waals surface area contributed by atoms with Crippen LogP contribution in [0.3, 0.4) is 0 Å². The van der Waals surface area contributed by atoms with Gasteiger partial charge in [-0.3, -0.25) is 9.59 Å². The first-order valence-electron chi connectivity index (χ1n) is 6.95. The van der Waals surface area contributed by atoms with Crippen LogP contribution in [-0.4, -0.2) is 75.0 Å². The van der Waals surface area contributed by atoms with Crippen LogP contribution in [0.1, 0.15) is 12.8 Å². The lowest BCUT2D eigenvalue weighted by molar-refractivity contribution is -0.138. The van der Waals surface area contributed by atoms with Crippen LogP contribution in [-0.2, 0) is 9.59 Å². The molecule has 2 N–H and O–H groups in total. The van der Waals surface area contributed by atoms with Gasteiger partial charge in [-0.05, 0) is 38.4 Å². The molecule has 19 heavy (non-hydrogen) atoms. The summed E-state index contributed by atoms with van der Waals surface area (Å²) in [5.74, 6) is -1.12. The molecule has 2 aliphatic rings. The standard InChI is InChI=1S/C13H24N4O2/c1-14-11(18)12(19)15-5-8-17-6-3-13(4-7-17)9-16(2)10-13/h3-10H2,1-2H3,(H,14,18)(H,15,19). The van der Waals surface area contributed by atoms with Crippen LogP contribution in [0.4, 0.5) is 0 Å². The van der Waals surface area contributed by atoms with Crippen molar-refractivity contribution in [2.24, 2.45) is 5.41 Å². The molecule has 1 spiro atoms. The summed E-state index contributed by atoms with van der Waals surface area (Å²) in [5, 5.41) is 4.95. The molecule has 2 aliphatic heterocycles. The Labute approximate surface area is 114 Å². The second-order valence-corrected chi connectivity index (χ2v) is 5.85. The molecular formula is C13H24N4O2. The van der Waals surface area contributed by atoms with Crippen LogP contribution in [0.2, 0.25) is 0 Å². The van der Waals surface area contributed by atoms with Gasteiger partial charge in [-0.15, -0.1) is 0 Å². The maximum absolute atomic E-state index is 11.3. The second kappa shape index (κ2) is 5.88. The van der Waals surface area contributed by atoms with E-state index < -0.39 is 11.8 Å². The number of hydrogen-bond acceptors (Lipinski definition) is 4. The molecular weight excluding hydrogens is 244 g/mol. The number of hydrogen-bond donors (Lipinski definition) is 2. The highest BCUT2D eigenvalue weighted by atomic mass is 16.2. The second-order valence-electron chi connectivity index (χ2n) is 5.85. The van der Waals surface area contributed by atoms with Crippen molar-refractivity contribution in [3.63, 3.8) is 0 Å². The molecule has 0 aliphatic carbocycles. The Bertz CT molecular complexity index is 343. The Hall–Kier alpha value is -1.14. The number of rotatable bonds is 3. The van der Waals surface area contributed by atoms with Crippen molar-refractivity contribution in [2.75, 3.05) is 53.4 Å². The van der Waals surface area contributed by atoms with Gasteiger partial charge in [0, 0.05) is 33.2 Å². The zero-order valence-corrected chi connectivity index (χ0v) is 11.9. The first kappa shape index (κ1) is 14.3. The Morgan fingerprint density at radius 2 is 1.79 bits per heavy atom. The molecule has 2 heterocycles. The van der Waals surface area contributed by atoms with Gasteiger partial charge < -0.3 is 20.4 Å². The number of nitrogens with zero attached hydrogens (tertiary/aromatic N) is 2. The van der Waals surface area contributed by atoms with E-state index in [0.29, 0.717) is 12.0 Å². The van der Waals surface area contributed by atoms with Gasteiger partial charge in [-0.1, -0.05) is 0 Å². The van der Waals surface area contributed by atoms with E-state index in [-0.39, 0.29) is 0 Å². The fourth-order valence-electron chi connectivity index (χ4n) is 3.19. The van der Waals surface area contributed by atoms with Gasteiger partial charge in [-0.2, -0.15) is 0 Å². The van der Waals surface area contributed by atoms with E-state index in [1.807, 2.05) is 0 Å². The van der Waals surface area contributed by atoms with E-state index in [2.05, 4.69) is 27.5 Å². The molecule has 108 valence electrons. The number of nitrogens with one attached hydrogen (secondary N) is 2. The Kier molecular flexibility index (Phi) is 4.42. The van der Waals surface area contributed by atoms with Crippen molar-refractivity contribution in [2.45, 2.75) is 12.8 Å². The van der Waals surface area contributed by atoms with Crippen molar-refractivity contribution in [1.29, 1.82) is 0 Å². The highest BCUT2D eigenvalue weighted by molar-refractivity contribution is 6.34. The van der Waals surface area contributed by atoms with E-state index in [9.17, 15) is 9.59 Å². The molecule has 2 saturated heterocycles. The molecule has 0 aromatic rings. The van der Waals surface area contributed by atoms with Crippen molar-refractivity contribution in [3.8, 4) is 0 Å². The Morgan fingerprint density at radius 3 is 2.32 bits per heavy atom. The summed E-state index contributed by atoms with van der Waals surface area (Å²) in [7, 11) is 3.63. The molecule has 0 aromatic carbocycles. The average molecular weight is 268 g/mol. The third kappa shape index (κ3) is 3.45. The summed E-state index contributed by atoms with van der Waals surface area (Å²) in [6, 6.07) is 0. The van der Waals surface area contributed by atoms with Crippen LogP contribution in [0.5, 0.6) is 0 Å². The molecule has 2 amide bonds. The molecule has 6 heteroatoms. The van der Waals surface area contributed by atoms with Crippen molar-refractivity contribution in [1.82, 2.24) is 20.4 Å². The highest BCUT2D eigenvalue weighted by Crippen LogP contribution is 2.39. The van der Waals surface area contributed by atoms with Crippen LogP contribution in [0.15, 0.2) is 0 Å². The monoisotopic (exact) mass is 268 g/mol. The number of likely N-dealkylation sites (tertiary alicyclic amines) is 2. The van der Waals surface area contributed by atoms with Crippen molar-refractivity contribution >= 4 is 11.8 Å². The molecule has 0 bridgehead atoms. The first-order valence-corrected chi connectivity index (χ1v) is 6.95. The minimum absolute atomic E-state index is 0.541. The lowest BCUT2D eigenvalue weighted by atomic mass is 9.72. The van der Waals surface area contributed by atoms with Gasteiger partial charge in [0.1, 0.15) is 0 Å². The SMILES string of the molecule is CNC(=O)C(=O)NCCN1CCC2(CC1)CN(C)C2. The van der Waals surface area contributed by atoms with E-state index in [1.165, 1.54) is 33.0 Å². The predicted molar refractivity (Wildman–Crippen MR) is 72.7 cm³/mol. The van der Waals surface area contributed by atoms with Gasteiger partial charge in [0.25, 0.3) is 0 Å². The van der Waals surface area contributed by atoms with Crippen LogP contribution in [0, 0.1) is 5.41 Å². The van der Waals surface area contributed by atoms with E-state index >= 15 is 0 Å². The zero-order chi connectivity index (χ0) is 13.9. The van der Waals surface area contributed by atoms with E-state index in [0.717, 1.165) is 19.6 Å². The number of likely N-dealkylation sites (N-methyl/N-ethyl adjacent to an activating group) is 1. The van der Waals surface area contributed by atoms with Crippen LogP contribution < -0.4 is 10.6 Å². The molecule has 6 nitrogen and oxygen atoms in total. The summed E-state index contributed by atoms with van der Waals surface area (Å²) < 4.78 is 0. The molecule has 0 aromatic heterocycles. The fraction of sp³-hybridized carbons (Fsp3) is 0.846. The molecule has 0 radical (unpaired) electrons. The molecule has 0 unspecified atom stereocenters. The zero-order valence-electron chi connectivity index (χ0n) is 11.9. The topological polar surface area (TPSA) is 64.7 Å². The molecule has 2 fully saturated rings. The first-order chi connectivity index (χ1) is 9.04. The van der Waals surface area contributed by atoms with Gasteiger partial charge in [-0.25, -0.2) is 0 Å². The summed E-state index contributed by atoms with van der Waals surface area (Å²) in [6.45, 7) is 6.03. The molecule has 0 saturated carbocycles. The predicted octanol–water partition coefficient (Wildman–Crippen LogP) is -1.12.